The van der Waals surface area contributed by atoms with Crippen LogP contribution in [0, 0.1) is 0 Å². The molecule has 3 rings (SSSR count). The maximum atomic E-state index is 4.53. The monoisotopic (exact) mass is 326 g/mol. The summed E-state index contributed by atoms with van der Waals surface area (Å²) < 4.78 is 1.12. The van der Waals surface area contributed by atoms with Crippen LogP contribution < -0.4 is 5.32 Å². The first-order valence-electron chi connectivity index (χ1n) is 5.94. The normalized spacial score (nSPS) is 21.3. The van der Waals surface area contributed by atoms with Crippen molar-refractivity contribution < 1.29 is 0 Å². The van der Waals surface area contributed by atoms with Gasteiger partial charge in [-0.05, 0) is 29.0 Å². The van der Waals surface area contributed by atoms with Crippen molar-refractivity contribution in [3.63, 3.8) is 0 Å². The molecule has 1 atom stereocenters. The summed E-state index contributed by atoms with van der Waals surface area (Å²) in [6, 6.07) is 2.46. The Morgan fingerprint density at radius 2 is 2.44 bits per heavy atom. The summed E-state index contributed by atoms with van der Waals surface area (Å²) in [5.41, 5.74) is 1.10. The van der Waals surface area contributed by atoms with Crippen molar-refractivity contribution >= 4 is 27.3 Å². The summed E-state index contributed by atoms with van der Waals surface area (Å²) in [6.45, 7) is 3.07. The molecule has 2 aromatic rings. The van der Waals surface area contributed by atoms with Crippen molar-refractivity contribution in [2.24, 2.45) is 0 Å². The molecule has 0 amide bonds. The quantitative estimate of drug-likeness (QED) is 0.891. The van der Waals surface area contributed by atoms with E-state index in [2.05, 4.69) is 54.6 Å². The molecular weight excluding hydrogens is 312 g/mol. The van der Waals surface area contributed by atoms with E-state index in [-0.39, 0.29) is 0 Å². The van der Waals surface area contributed by atoms with Gasteiger partial charge in [0.05, 0.1) is 22.8 Å². The largest absolute Gasteiger partial charge is 0.340 e. The molecular formula is C12H15BrN4S. The third kappa shape index (κ3) is 2.38. The van der Waals surface area contributed by atoms with Crippen molar-refractivity contribution in [3.8, 4) is 10.6 Å². The summed E-state index contributed by atoms with van der Waals surface area (Å²) in [7, 11) is 2.15. The van der Waals surface area contributed by atoms with Gasteiger partial charge in [-0.3, -0.25) is 4.90 Å². The van der Waals surface area contributed by atoms with Crippen LogP contribution in [-0.2, 0) is 0 Å². The number of thiophene rings is 1. The Hall–Kier alpha value is -0.690. The smallest absolute Gasteiger partial charge is 0.125 e. The zero-order valence-corrected chi connectivity index (χ0v) is 12.5. The fraction of sp³-hybridized carbons (Fsp3) is 0.417. The number of hydrogen-bond donors (Lipinski definition) is 2. The Kier molecular flexibility index (Phi) is 3.52. The molecule has 3 heterocycles. The molecule has 6 heteroatoms. The third-order valence-electron chi connectivity index (χ3n) is 3.26. The first kappa shape index (κ1) is 12.3. The minimum Gasteiger partial charge on any atom is -0.340 e. The van der Waals surface area contributed by atoms with Crippen LogP contribution in [0.4, 0.5) is 0 Å². The number of halogens is 1. The average Bonchev–Trinajstić information content (AvgIpc) is 2.98. The van der Waals surface area contributed by atoms with Gasteiger partial charge >= 0.3 is 0 Å². The zero-order chi connectivity index (χ0) is 12.5. The standard InChI is InChI=1S/C12H15BrN4S/c1-17-3-2-14-6-10(17)12-15-5-9(16-12)11-4-8(13)7-18-11/h4-5,7,10,14H,2-3,6H2,1H3,(H,15,16). The zero-order valence-electron chi connectivity index (χ0n) is 10.1. The van der Waals surface area contributed by atoms with Crippen molar-refractivity contribution in [1.82, 2.24) is 20.2 Å². The van der Waals surface area contributed by atoms with Gasteiger partial charge < -0.3 is 10.3 Å². The Labute approximate surface area is 119 Å². The van der Waals surface area contributed by atoms with E-state index in [4.69, 9.17) is 0 Å². The van der Waals surface area contributed by atoms with Gasteiger partial charge in [-0.25, -0.2) is 4.98 Å². The molecule has 1 fully saturated rings. The van der Waals surface area contributed by atoms with E-state index in [0.717, 1.165) is 35.6 Å². The number of aromatic nitrogens is 2. The van der Waals surface area contributed by atoms with Crippen molar-refractivity contribution in [3.05, 3.63) is 27.9 Å². The molecule has 0 saturated carbocycles. The van der Waals surface area contributed by atoms with Crippen LogP contribution in [0.2, 0.25) is 0 Å². The predicted molar refractivity (Wildman–Crippen MR) is 77.8 cm³/mol. The van der Waals surface area contributed by atoms with E-state index >= 15 is 0 Å². The molecule has 0 aromatic carbocycles. The predicted octanol–water partition coefficient (Wildman–Crippen LogP) is 2.48. The van der Waals surface area contributed by atoms with E-state index < -0.39 is 0 Å². The minimum atomic E-state index is 0.343. The Morgan fingerprint density at radius 3 is 3.17 bits per heavy atom. The molecule has 18 heavy (non-hydrogen) atoms. The maximum Gasteiger partial charge on any atom is 0.125 e. The highest BCUT2D eigenvalue weighted by atomic mass is 79.9. The minimum absolute atomic E-state index is 0.343. The van der Waals surface area contributed by atoms with E-state index in [1.54, 1.807) is 11.3 Å². The van der Waals surface area contributed by atoms with Crippen molar-refractivity contribution in [1.29, 1.82) is 0 Å². The number of H-pyrrole nitrogens is 1. The fourth-order valence-electron chi connectivity index (χ4n) is 2.20. The maximum absolute atomic E-state index is 4.53. The number of likely N-dealkylation sites (N-methyl/N-ethyl adjacent to an activating group) is 1. The molecule has 96 valence electrons. The van der Waals surface area contributed by atoms with E-state index in [9.17, 15) is 0 Å². The summed E-state index contributed by atoms with van der Waals surface area (Å²) in [5.74, 6) is 1.05. The van der Waals surface area contributed by atoms with Gasteiger partial charge in [0, 0.05) is 29.5 Å². The first-order chi connectivity index (χ1) is 8.74. The van der Waals surface area contributed by atoms with Gasteiger partial charge in [0.15, 0.2) is 0 Å². The number of aromatic amines is 1. The van der Waals surface area contributed by atoms with Gasteiger partial charge in [-0.15, -0.1) is 11.3 Å². The van der Waals surface area contributed by atoms with Gasteiger partial charge in [-0.1, -0.05) is 0 Å². The van der Waals surface area contributed by atoms with Crippen LogP contribution in [-0.4, -0.2) is 41.5 Å². The molecule has 0 bridgehead atoms. The highest BCUT2D eigenvalue weighted by molar-refractivity contribution is 9.10. The van der Waals surface area contributed by atoms with Gasteiger partial charge in [-0.2, -0.15) is 0 Å². The van der Waals surface area contributed by atoms with Crippen LogP contribution in [0.3, 0.4) is 0 Å². The first-order valence-corrected chi connectivity index (χ1v) is 7.61. The van der Waals surface area contributed by atoms with Gasteiger partial charge in [0.25, 0.3) is 0 Å². The van der Waals surface area contributed by atoms with Gasteiger partial charge in [0.2, 0.25) is 0 Å². The Bertz CT molecular complexity index is 536. The van der Waals surface area contributed by atoms with Crippen LogP contribution >= 0.6 is 27.3 Å². The Balaban J connectivity index is 1.84. The lowest BCUT2D eigenvalue weighted by Crippen LogP contribution is -2.44. The number of nitrogens with zero attached hydrogens (tertiary/aromatic N) is 2. The second-order valence-corrected chi connectivity index (χ2v) is 6.34. The molecule has 0 spiro atoms. The summed E-state index contributed by atoms with van der Waals surface area (Å²) in [4.78, 5) is 11.5. The summed E-state index contributed by atoms with van der Waals surface area (Å²) in [6.07, 6.45) is 1.93. The van der Waals surface area contributed by atoms with Crippen molar-refractivity contribution in [2.45, 2.75) is 6.04 Å². The molecule has 0 radical (unpaired) electrons. The molecule has 0 aliphatic carbocycles. The highest BCUT2D eigenvalue weighted by Crippen LogP contribution is 2.29. The molecule has 1 aliphatic rings. The van der Waals surface area contributed by atoms with Crippen LogP contribution in [0.25, 0.3) is 10.6 Å². The lowest BCUT2D eigenvalue weighted by atomic mass is 10.2. The fourth-order valence-corrected chi connectivity index (χ4v) is 3.59. The summed E-state index contributed by atoms with van der Waals surface area (Å²) in [5, 5.41) is 5.50. The number of hydrogen-bond acceptors (Lipinski definition) is 4. The third-order valence-corrected chi connectivity index (χ3v) is 4.98. The average molecular weight is 327 g/mol. The molecule has 4 nitrogen and oxygen atoms in total. The van der Waals surface area contributed by atoms with Crippen LogP contribution in [0.15, 0.2) is 22.1 Å². The summed E-state index contributed by atoms with van der Waals surface area (Å²) >= 11 is 5.20. The molecule has 1 aliphatic heterocycles. The lowest BCUT2D eigenvalue weighted by molar-refractivity contribution is 0.195. The second-order valence-electron chi connectivity index (χ2n) is 4.51. The second kappa shape index (κ2) is 5.13. The Morgan fingerprint density at radius 1 is 1.56 bits per heavy atom. The molecule has 1 saturated heterocycles. The SMILES string of the molecule is CN1CCNCC1c1ncc(-c2cc(Br)cs2)[nH]1. The van der Waals surface area contributed by atoms with Crippen LogP contribution in [0.1, 0.15) is 11.9 Å². The number of imidazole rings is 1. The van der Waals surface area contributed by atoms with Gasteiger partial charge in [0.1, 0.15) is 5.82 Å². The number of piperazine rings is 1. The van der Waals surface area contributed by atoms with E-state index in [1.807, 2.05) is 6.20 Å². The molecule has 1 unspecified atom stereocenters. The van der Waals surface area contributed by atoms with Crippen molar-refractivity contribution in [2.75, 3.05) is 26.7 Å². The molecule has 2 aromatic heterocycles. The van der Waals surface area contributed by atoms with E-state index in [1.165, 1.54) is 4.88 Å². The number of nitrogens with one attached hydrogen (secondary N) is 2. The topological polar surface area (TPSA) is 44.0 Å². The van der Waals surface area contributed by atoms with E-state index in [0.29, 0.717) is 6.04 Å². The highest BCUT2D eigenvalue weighted by Gasteiger charge is 2.23. The lowest BCUT2D eigenvalue weighted by Gasteiger charge is -2.31. The van der Waals surface area contributed by atoms with Crippen LogP contribution in [0.5, 0.6) is 0 Å². The number of rotatable bonds is 2. The molecule has 2 N–H and O–H groups in total.